The second-order valence-corrected chi connectivity index (χ2v) is 7.43. The van der Waals surface area contributed by atoms with Crippen LogP contribution in [-0.2, 0) is 4.74 Å². The minimum absolute atomic E-state index is 0.126. The van der Waals surface area contributed by atoms with Gasteiger partial charge in [-0.2, -0.15) is 0 Å². The van der Waals surface area contributed by atoms with Crippen molar-refractivity contribution in [2.24, 2.45) is 0 Å². The number of rotatable bonds is 6. The molecule has 0 spiro atoms. The SMILES string of the molecule is Cc1ccc(-c2cc(C(=O)NCCCN3CCOCC3)c3c(C)noc3n2)cc1. The van der Waals surface area contributed by atoms with Crippen LogP contribution >= 0.6 is 0 Å². The molecule has 3 heterocycles. The number of aryl methyl sites for hydroxylation is 2. The highest BCUT2D eigenvalue weighted by molar-refractivity contribution is 6.06. The molecule has 3 aromatic rings. The molecule has 7 nitrogen and oxygen atoms in total. The summed E-state index contributed by atoms with van der Waals surface area (Å²) < 4.78 is 10.7. The molecule has 1 amide bonds. The fourth-order valence-corrected chi connectivity index (χ4v) is 3.57. The lowest BCUT2D eigenvalue weighted by Crippen LogP contribution is -2.38. The standard InChI is InChI=1S/C22H26N4O3/c1-15-4-6-17(7-5-15)19-14-18(20-16(2)25-29-22(20)24-19)21(27)23-8-3-9-26-10-12-28-13-11-26/h4-7,14H,3,8-13H2,1-2H3,(H,23,27). The monoisotopic (exact) mass is 394 g/mol. The van der Waals surface area contributed by atoms with E-state index in [0.717, 1.165) is 44.8 Å². The molecule has 4 rings (SSSR count). The Kier molecular flexibility index (Phi) is 5.87. The normalized spacial score (nSPS) is 15.0. The Hall–Kier alpha value is -2.77. The number of pyridine rings is 1. The molecule has 0 saturated carbocycles. The molecule has 1 aliphatic rings. The summed E-state index contributed by atoms with van der Waals surface area (Å²) in [6.07, 6.45) is 0.896. The lowest BCUT2D eigenvalue weighted by molar-refractivity contribution is 0.0374. The van der Waals surface area contributed by atoms with E-state index >= 15 is 0 Å². The minimum atomic E-state index is -0.126. The first-order chi connectivity index (χ1) is 14.1. The molecule has 0 aliphatic carbocycles. The number of nitrogens with zero attached hydrogens (tertiary/aromatic N) is 3. The van der Waals surface area contributed by atoms with E-state index in [4.69, 9.17) is 9.26 Å². The van der Waals surface area contributed by atoms with E-state index < -0.39 is 0 Å². The van der Waals surface area contributed by atoms with Crippen molar-refractivity contribution < 1.29 is 14.1 Å². The average Bonchev–Trinajstić information content (AvgIpc) is 3.12. The van der Waals surface area contributed by atoms with E-state index in [-0.39, 0.29) is 5.91 Å². The molecule has 0 unspecified atom stereocenters. The van der Waals surface area contributed by atoms with Gasteiger partial charge in [-0.3, -0.25) is 9.69 Å². The zero-order valence-electron chi connectivity index (χ0n) is 16.9. The van der Waals surface area contributed by atoms with Gasteiger partial charge in [0.1, 0.15) is 0 Å². The van der Waals surface area contributed by atoms with Crippen LogP contribution in [0, 0.1) is 13.8 Å². The summed E-state index contributed by atoms with van der Waals surface area (Å²) in [4.78, 5) is 19.9. The Morgan fingerprint density at radius 3 is 2.69 bits per heavy atom. The topological polar surface area (TPSA) is 80.5 Å². The molecule has 0 atom stereocenters. The van der Waals surface area contributed by atoms with E-state index in [0.29, 0.717) is 34.6 Å². The van der Waals surface area contributed by atoms with Crippen molar-refractivity contribution in [1.29, 1.82) is 0 Å². The number of hydrogen-bond acceptors (Lipinski definition) is 6. The number of fused-ring (bicyclic) bond motifs is 1. The van der Waals surface area contributed by atoms with Gasteiger partial charge in [-0.25, -0.2) is 4.98 Å². The Balaban J connectivity index is 1.51. The molecule has 7 heteroatoms. The summed E-state index contributed by atoms with van der Waals surface area (Å²) in [5.74, 6) is -0.126. The number of carbonyl (C=O) groups is 1. The van der Waals surface area contributed by atoms with Gasteiger partial charge in [0.25, 0.3) is 11.6 Å². The lowest BCUT2D eigenvalue weighted by atomic mass is 10.0. The molecule has 1 fully saturated rings. The van der Waals surface area contributed by atoms with Gasteiger partial charge in [0.2, 0.25) is 0 Å². The molecule has 29 heavy (non-hydrogen) atoms. The maximum absolute atomic E-state index is 13.0. The fourth-order valence-electron chi connectivity index (χ4n) is 3.57. The highest BCUT2D eigenvalue weighted by Crippen LogP contribution is 2.27. The van der Waals surface area contributed by atoms with Crippen LogP contribution in [-0.4, -0.2) is 60.3 Å². The number of ether oxygens (including phenoxy) is 1. The zero-order valence-corrected chi connectivity index (χ0v) is 16.9. The Bertz CT molecular complexity index is 991. The van der Waals surface area contributed by atoms with Crippen LogP contribution in [0.1, 0.15) is 28.0 Å². The van der Waals surface area contributed by atoms with Crippen LogP contribution < -0.4 is 5.32 Å². The van der Waals surface area contributed by atoms with Gasteiger partial charge >= 0.3 is 0 Å². The third-order valence-corrected chi connectivity index (χ3v) is 5.25. The second kappa shape index (κ2) is 8.71. The highest BCUT2D eigenvalue weighted by Gasteiger charge is 2.19. The number of nitrogens with one attached hydrogen (secondary N) is 1. The van der Waals surface area contributed by atoms with Crippen LogP contribution in [0.3, 0.4) is 0 Å². The van der Waals surface area contributed by atoms with Crippen LogP contribution in [0.4, 0.5) is 0 Å². The summed E-state index contributed by atoms with van der Waals surface area (Å²) in [5.41, 5.74) is 4.42. The van der Waals surface area contributed by atoms with Crippen LogP contribution in [0.2, 0.25) is 0 Å². The maximum atomic E-state index is 13.0. The van der Waals surface area contributed by atoms with Crippen molar-refractivity contribution in [3.8, 4) is 11.3 Å². The fraction of sp³-hybridized carbons (Fsp3) is 0.409. The first-order valence-corrected chi connectivity index (χ1v) is 10.0. The van der Waals surface area contributed by atoms with Crippen LogP contribution in [0.15, 0.2) is 34.9 Å². The highest BCUT2D eigenvalue weighted by atomic mass is 16.5. The van der Waals surface area contributed by atoms with Gasteiger partial charge < -0.3 is 14.6 Å². The lowest BCUT2D eigenvalue weighted by Gasteiger charge is -2.26. The summed E-state index contributed by atoms with van der Waals surface area (Å²) >= 11 is 0. The number of aromatic nitrogens is 2. The Morgan fingerprint density at radius 2 is 1.93 bits per heavy atom. The summed E-state index contributed by atoms with van der Waals surface area (Å²) in [5, 5.41) is 7.72. The summed E-state index contributed by atoms with van der Waals surface area (Å²) in [7, 11) is 0. The third kappa shape index (κ3) is 4.46. The molecule has 0 radical (unpaired) electrons. The number of amides is 1. The van der Waals surface area contributed by atoms with Crippen LogP contribution in [0.25, 0.3) is 22.4 Å². The van der Waals surface area contributed by atoms with E-state index in [2.05, 4.69) is 20.4 Å². The second-order valence-electron chi connectivity index (χ2n) is 7.43. The number of benzene rings is 1. The summed E-state index contributed by atoms with van der Waals surface area (Å²) in [6, 6.07) is 9.87. The molecule has 152 valence electrons. The van der Waals surface area contributed by atoms with Gasteiger partial charge in [0.05, 0.1) is 35.6 Å². The molecule has 1 aromatic carbocycles. The van der Waals surface area contributed by atoms with Gasteiger partial charge in [-0.15, -0.1) is 0 Å². The van der Waals surface area contributed by atoms with E-state index in [1.165, 1.54) is 5.56 Å². The predicted molar refractivity (Wildman–Crippen MR) is 111 cm³/mol. The average molecular weight is 394 g/mol. The first kappa shape index (κ1) is 19.5. The first-order valence-electron chi connectivity index (χ1n) is 10.0. The van der Waals surface area contributed by atoms with Crippen molar-refractivity contribution in [2.75, 3.05) is 39.4 Å². The molecule has 0 bridgehead atoms. The van der Waals surface area contributed by atoms with Crippen molar-refractivity contribution in [3.05, 3.63) is 47.2 Å². The van der Waals surface area contributed by atoms with Gasteiger partial charge in [-0.05, 0) is 32.9 Å². The van der Waals surface area contributed by atoms with E-state index in [9.17, 15) is 4.79 Å². The number of carbonyl (C=O) groups excluding carboxylic acids is 1. The van der Waals surface area contributed by atoms with Crippen molar-refractivity contribution in [1.82, 2.24) is 20.4 Å². The molecule has 1 N–H and O–H groups in total. The van der Waals surface area contributed by atoms with Gasteiger partial charge in [0.15, 0.2) is 0 Å². The van der Waals surface area contributed by atoms with E-state index in [1.807, 2.05) is 44.2 Å². The van der Waals surface area contributed by atoms with Gasteiger partial charge in [-0.1, -0.05) is 35.0 Å². The predicted octanol–water partition coefficient (Wildman–Crippen LogP) is 2.96. The molecular formula is C22H26N4O3. The summed E-state index contributed by atoms with van der Waals surface area (Å²) in [6.45, 7) is 8.92. The quantitative estimate of drug-likeness (QED) is 0.648. The van der Waals surface area contributed by atoms with Crippen molar-refractivity contribution in [3.63, 3.8) is 0 Å². The molecule has 2 aromatic heterocycles. The van der Waals surface area contributed by atoms with E-state index in [1.54, 1.807) is 0 Å². The Labute approximate surface area is 170 Å². The van der Waals surface area contributed by atoms with Crippen molar-refractivity contribution in [2.45, 2.75) is 20.3 Å². The molecular weight excluding hydrogens is 368 g/mol. The molecule has 1 aliphatic heterocycles. The largest absolute Gasteiger partial charge is 0.379 e. The minimum Gasteiger partial charge on any atom is -0.379 e. The van der Waals surface area contributed by atoms with Gasteiger partial charge in [0, 0.05) is 25.2 Å². The maximum Gasteiger partial charge on any atom is 0.259 e. The third-order valence-electron chi connectivity index (χ3n) is 5.25. The smallest absolute Gasteiger partial charge is 0.259 e. The van der Waals surface area contributed by atoms with Crippen LogP contribution in [0.5, 0.6) is 0 Å². The zero-order chi connectivity index (χ0) is 20.2. The molecule has 1 saturated heterocycles. The number of hydrogen-bond donors (Lipinski definition) is 1. The number of morpholine rings is 1. The Morgan fingerprint density at radius 1 is 1.17 bits per heavy atom. The van der Waals surface area contributed by atoms with Crippen molar-refractivity contribution >= 4 is 17.0 Å².